The van der Waals surface area contributed by atoms with E-state index in [0.29, 0.717) is 11.4 Å². The van der Waals surface area contributed by atoms with Gasteiger partial charge in [-0.3, -0.25) is 4.68 Å². The molecule has 0 saturated heterocycles. The summed E-state index contributed by atoms with van der Waals surface area (Å²) in [5, 5.41) is 20.1. The number of hydrogen-bond acceptors (Lipinski definition) is 6. The minimum atomic E-state index is 0.0290. The van der Waals surface area contributed by atoms with Crippen LogP contribution in [0.5, 0.6) is 5.88 Å². The lowest BCUT2D eigenvalue weighted by Crippen LogP contribution is -2.40. The molecule has 0 bridgehead atoms. The van der Waals surface area contributed by atoms with Crippen molar-refractivity contribution in [3.8, 4) is 23.1 Å². The standard InChI is InChI=1S/C22H24N6O.C3H6/c1-15-7-16(9-23)3-4-17(15)5-6-24-12-20-13-25-21-8-18(10-26-22(21)29-20)19-11-27-28(2)14-19;1-3-2/h3-4,7-8,10-11,14,20,24-25H,5-6,12-13H2,1-2H3;3H,1H2,2H3. The SMILES string of the molecule is C=CC.Cc1cc(C#N)ccc1CCNCC1CNc2cc(-c3cnn(C)c3)cnc2O1. The molecular weight excluding hydrogens is 400 g/mol. The Kier molecular flexibility index (Phi) is 8.01. The van der Waals surface area contributed by atoms with Gasteiger partial charge in [0.2, 0.25) is 5.88 Å². The Morgan fingerprint density at radius 2 is 2.16 bits per heavy atom. The van der Waals surface area contributed by atoms with Crippen LogP contribution in [0.2, 0.25) is 0 Å². The van der Waals surface area contributed by atoms with E-state index >= 15 is 0 Å². The Morgan fingerprint density at radius 1 is 1.34 bits per heavy atom. The summed E-state index contributed by atoms with van der Waals surface area (Å²) in [5.74, 6) is 0.638. The molecule has 0 saturated carbocycles. The van der Waals surface area contributed by atoms with Crippen LogP contribution in [-0.4, -0.2) is 40.5 Å². The van der Waals surface area contributed by atoms with Gasteiger partial charge in [-0.15, -0.1) is 6.58 Å². The second kappa shape index (κ2) is 11.1. The highest BCUT2D eigenvalue weighted by Crippen LogP contribution is 2.30. The Hall–Kier alpha value is -3.63. The molecular formula is C25H30N6O. The summed E-state index contributed by atoms with van der Waals surface area (Å²) in [6, 6.07) is 10.1. The van der Waals surface area contributed by atoms with Gasteiger partial charge in [-0.1, -0.05) is 12.1 Å². The number of anilines is 1. The first-order chi connectivity index (χ1) is 15.5. The predicted octanol–water partition coefficient (Wildman–Crippen LogP) is 3.86. The molecule has 2 N–H and O–H groups in total. The van der Waals surface area contributed by atoms with Crippen molar-refractivity contribution < 1.29 is 4.74 Å². The van der Waals surface area contributed by atoms with Crippen LogP contribution >= 0.6 is 0 Å². The number of nitrogens with one attached hydrogen (secondary N) is 2. The zero-order chi connectivity index (χ0) is 22.9. The fourth-order valence-corrected chi connectivity index (χ4v) is 3.47. The van der Waals surface area contributed by atoms with Crippen LogP contribution in [0.3, 0.4) is 0 Å². The molecule has 0 spiro atoms. The van der Waals surface area contributed by atoms with Gasteiger partial charge in [0.1, 0.15) is 6.10 Å². The van der Waals surface area contributed by atoms with Gasteiger partial charge in [0.25, 0.3) is 0 Å². The van der Waals surface area contributed by atoms with Gasteiger partial charge in [-0.2, -0.15) is 10.4 Å². The summed E-state index contributed by atoms with van der Waals surface area (Å²) < 4.78 is 7.82. The molecule has 0 aliphatic carbocycles. The van der Waals surface area contributed by atoms with Gasteiger partial charge in [0.15, 0.2) is 0 Å². The summed E-state index contributed by atoms with van der Waals surface area (Å²) in [6.45, 7) is 9.63. The summed E-state index contributed by atoms with van der Waals surface area (Å²) >= 11 is 0. The van der Waals surface area contributed by atoms with Crippen molar-refractivity contribution in [1.82, 2.24) is 20.1 Å². The van der Waals surface area contributed by atoms with Crippen LogP contribution in [0.15, 0.2) is 55.5 Å². The highest BCUT2D eigenvalue weighted by Gasteiger charge is 2.20. The second-order valence-electron chi connectivity index (χ2n) is 7.72. The van der Waals surface area contributed by atoms with Crippen LogP contribution < -0.4 is 15.4 Å². The fourth-order valence-electron chi connectivity index (χ4n) is 3.47. The third-order valence-corrected chi connectivity index (χ3v) is 5.10. The number of aryl methyl sites for hydroxylation is 2. The van der Waals surface area contributed by atoms with E-state index in [0.717, 1.165) is 48.4 Å². The maximum Gasteiger partial charge on any atom is 0.237 e. The molecule has 0 radical (unpaired) electrons. The molecule has 1 unspecified atom stereocenters. The number of nitriles is 1. The van der Waals surface area contributed by atoms with E-state index in [1.807, 2.05) is 57.7 Å². The smallest absolute Gasteiger partial charge is 0.237 e. The molecule has 166 valence electrons. The molecule has 3 heterocycles. The zero-order valence-electron chi connectivity index (χ0n) is 18.9. The first-order valence-electron chi connectivity index (χ1n) is 10.7. The van der Waals surface area contributed by atoms with Crippen molar-refractivity contribution in [3.63, 3.8) is 0 Å². The Balaban J connectivity index is 0.000000913. The molecule has 7 heteroatoms. The largest absolute Gasteiger partial charge is 0.470 e. The highest BCUT2D eigenvalue weighted by atomic mass is 16.5. The van der Waals surface area contributed by atoms with Crippen molar-refractivity contribution in [1.29, 1.82) is 5.26 Å². The molecule has 1 atom stereocenters. The fraction of sp³-hybridized carbons (Fsp3) is 0.320. The van der Waals surface area contributed by atoms with Gasteiger partial charge in [-0.25, -0.2) is 4.98 Å². The van der Waals surface area contributed by atoms with Crippen LogP contribution in [-0.2, 0) is 13.5 Å². The van der Waals surface area contributed by atoms with Gasteiger partial charge in [-0.05, 0) is 56.1 Å². The van der Waals surface area contributed by atoms with Crippen LogP contribution in [0.4, 0.5) is 5.69 Å². The number of rotatable bonds is 6. The zero-order valence-corrected chi connectivity index (χ0v) is 18.9. The number of allylic oxidation sites excluding steroid dienone is 1. The summed E-state index contributed by atoms with van der Waals surface area (Å²) in [6.07, 6.45) is 8.31. The van der Waals surface area contributed by atoms with E-state index in [-0.39, 0.29) is 6.10 Å². The van der Waals surface area contributed by atoms with Crippen LogP contribution in [0, 0.1) is 18.3 Å². The van der Waals surface area contributed by atoms with Crippen molar-refractivity contribution in [2.24, 2.45) is 7.05 Å². The summed E-state index contributed by atoms with van der Waals surface area (Å²) in [4.78, 5) is 4.48. The molecule has 1 aromatic carbocycles. The van der Waals surface area contributed by atoms with Gasteiger partial charge >= 0.3 is 0 Å². The average Bonchev–Trinajstić information content (AvgIpc) is 3.24. The third kappa shape index (κ3) is 5.96. The van der Waals surface area contributed by atoms with E-state index in [9.17, 15) is 0 Å². The van der Waals surface area contributed by atoms with Gasteiger partial charge in [0.05, 0.1) is 30.1 Å². The maximum atomic E-state index is 8.96. The maximum absolute atomic E-state index is 8.96. The van der Waals surface area contributed by atoms with Crippen molar-refractivity contribution >= 4 is 5.69 Å². The molecule has 0 amide bonds. The van der Waals surface area contributed by atoms with Crippen molar-refractivity contribution in [2.75, 3.05) is 25.0 Å². The number of fused-ring (bicyclic) bond motifs is 1. The minimum Gasteiger partial charge on any atom is -0.470 e. The highest BCUT2D eigenvalue weighted by molar-refractivity contribution is 5.69. The van der Waals surface area contributed by atoms with E-state index in [4.69, 9.17) is 10.00 Å². The average molecular weight is 431 g/mol. The lowest BCUT2D eigenvalue weighted by molar-refractivity contribution is 0.194. The molecule has 1 aliphatic rings. The number of hydrogen-bond donors (Lipinski definition) is 2. The first kappa shape index (κ1) is 23.0. The molecule has 3 aromatic rings. The van der Waals surface area contributed by atoms with E-state index < -0.39 is 0 Å². The molecule has 0 fully saturated rings. The number of aromatic nitrogens is 3. The minimum absolute atomic E-state index is 0.0290. The lowest BCUT2D eigenvalue weighted by atomic mass is 10.0. The summed E-state index contributed by atoms with van der Waals surface area (Å²) in [5.41, 5.74) is 6.08. The van der Waals surface area contributed by atoms with E-state index in [2.05, 4.69) is 39.4 Å². The number of pyridine rings is 1. The number of benzene rings is 1. The Morgan fingerprint density at radius 3 is 2.84 bits per heavy atom. The molecule has 1 aliphatic heterocycles. The van der Waals surface area contributed by atoms with Gasteiger partial charge in [0, 0.05) is 37.1 Å². The number of ether oxygens (including phenoxy) is 1. The predicted molar refractivity (Wildman–Crippen MR) is 128 cm³/mol. The van der Waals surface area contributed by atoms with Gasteiger partial charge < -0.3 is 15.4 Å². The van der Waals surface area contributed by atoms with E-state index in [1.165, 1.54) is 5.56 Å². The molecule has 2 aromatic heterocycles. The Labute approximate surface area is 189 Å². The second-order valence-corrected chi connectivity index (χ2v) is 7.72. The van der Waals surface area contributed by atoms with E-state index in [1.54, 1.807) is 10.8 Å². The van der Waals surface area contributed by atoms with Crippen molar-refractivity contribution in [2.45, 2.75) is 26.4 Å². The van der Waals surface area contributed by atoms with Crippen LogP contribution in [0.25, 0.3) is 11.1 Å². The van der Waals surface area contributed by atoms with Crippen molar-refractivity contribution in [3.05, 3.63) is 72.2 Å². The Bertz CT molecular complexity index is 1100. The third-order valence-electron chi connectivity index (χ3n) is 5.10. The molecule has 7 nitrogen and oxygen atoms in total. The summed E-state index contributed by atoms with van der Waals surface area (Å²) in [7, 11) is 1.90. The quantitative estimate of drug-likeness (QED) is 0.456. The lowest BCUT2D eigenvalue weighted by Gasteiger charge is -2.27. The first-order valence-corrected chi connectivity index (χ1v) is 10.7. The topological polar surface area (TPSA) is 87.8 Å². The monoisotopic (exact) mass is 430 g/mol. The normalized spacial score (nSPS) is 14.1. The van der Waals surface area contributed by atoms with Crippen LogP contribution in [0.1, 0.15) is 23.6 Å². The molecule has 4 rings (SSSR count). The molecule has 32 heavy (non-hydrogen) atoms. The number of nitrogens with zero attached hydrogens (tertiary/aromatic N) is 4.